The molecule has 0 amide bonds. The van der Waals surface area contributed by atoms with Gasteiger partial charge in [-0.15, -0.1) is 0 Å². The Kier molecular flexibility index (Phi) is 7.46. The number of hydrogen-bond acceptors (Lipinski definition) is 3. The highest BCUT2D eigenvalue weighted by Gasteiger charge is 2.07. The Labute approximate surface area is 110 Å². The van der Waals surface area contributed by atoms with E-state index in [1.54, 1.807) is 0 Å². The van der Waals surface area contributed by atoms with E-state index in [9.17, 15) is 0 Å². The van der Waals surface area contributed by atoms with Gasteiger partial charge in [-0.05, 0) is 37.6 Å². The summed E-state index contributed by atoms with van der Waals surface area (Å²) in [6.07, 6.45) is 1.10. The number of ether oxygens (including phenoxy) is 2. The molecule has 3 nitrogen and oxygen atoms in total. The first-order valence-corrected chi connectivity index (χ1v) is 6.85. The van der Waals surface area contributed by atoms with Crippen molar-refractivity contribution in [2.45, 2.75) is 33.2 Å². The standard InChI is InChI=1S/C15H25NO2/c1-4-15(16-5-2)13-7-9-14(10-8-13)18-12-11-17-6-3/h7-10,15-16H,4-6,11-12H2,1-3H3. The van der Waals surface area contributed by atoms with Gasteiger partial charge in [0, 0.05) is 12.6 Å². The van der Waals surface area contributed by atoms with Gasteiger partial charge in [-0.1, -0.05) is 26.0 Å². The van der Waals surface area contributed by atoms with Crippen LogP contribution in [0.5, 0.6) is 5.75 Å². The first-order valence-electron chi connectivity index (χ1n) is 6.85. The Balaban J connectivity index is 2.45. The molecule has 1 atom stereocenters. The Morgan fingerprint density at radius 1 is 1.06 bits per heavy atom. The number of nitrogens with one attached hydrogen (secondary N) is 1. The smallest absolute Gasteiger partial charge is 0.119 e. The Bertz CT molecular complexity index is 311. The largest absolute Gasteiger partial charge is 0.491 e. The maximum Gasteiger partial charge on any atom is 0.119 e. The summed E-state index contributed by atoms with van der Waals surface area (Å²) in [7, 11) is 0. The van der Waals surface area contributed by atoms with Crippen LogP contribution >= 0.6 is 0 Å². The zero-order valence-electron chi connectivity index (χ0n) is 11.7. The molecule has 1 rings (SSSR count). The van der Waals surface area contributed by atoms with Crippen LogP contribution in [0.4, 0.5) is 0 Å². The molecule has 0 aliphatic heterocycles. The zero-order valence-corrected chi connectivity index (χ0v) is 11.7. The summed E-state index contributed by atoms with van der Waals surface area (Å²) in [5.74, 6) is 0.907. The zero-order chi connectivity index (χ0) is 13.2. The highest BCUT2D eigenvalue weighted by molar-refractivity contribution is 5.29. The van der Waals surface area contributed by atoms with Crippen LogP contribution in [0.25, 0.3) is 0 Å². The summed E-state index contributed by atoms with van der Waals surface area (Å²) in [4.78, 5) is 0. The van der Waals surface area contributed by atoms with Crippen molar-refractivity contribution >= 4 is 0 Å². The second-order valence-corrected chi connectivity index (χ2v) is 4.13. The molecule has 1 aromatic carbocycles. The summed E-state index contributed by atoms with van der Waals surface area (Å²) in [5.41, 5.74) is 1.32. The molecule has 1 aromatic rings. The molecule has 0 aromatic heterocycles. The Morgan fingerprint density at radius 3 is 2.33 bits per heavy atom. The minimum Gasteiger partial charge on any atom is -0.491 e. The third-order valence-electron chi connectivity index (χ3n) is 2.84. The van der Waals surface area contributed by atoms with Gasteiger partial charge in [-0.3, -0.25) is 0 Å². The van der Waals surface area contributed by atoms with E-state index in [0.29, 0.717) is 19.3 Å². The molecular formula is C15H25NO2. The maximum absolute atomic E-state index is 5.59. The highest BCUT2D eigenvalue weighted by Crippen LogP contribution is 2.20. The lowest BCUT2D eigenvalue weighted by Gasteiger charge is -2.16. The lowest BCUT2D eigenvalue weighted by atomic mass is 10.0. The van der Waals surface area contributed by atoms with Crippen molar-refractivity contribution in [2.75, 3.05) is 26.4 Å². The molecule has 0 fully saturated rings. The van der Waals surface area contributed by atoms with E-state index in [4.69, 9.17) is 9.47 Å². The molecule has 0 aliphatic carbocycles. The van der Waals surface area contributed by atoms with Gasteiger partial charge in [0.2, 0.25) is 0 Å². The predicted molar refractivity (Wildman–Crippen MR) is 75.1 cm³/mol. The van der Waals surface area contributed by atoms with Gasteiger partial charge in [-0.25, -0.2) is 0 Å². The van der Waals surface area contributed by atoms with Gasteiger partial charge < -0.3 is 14.8 Å². The number of rotatable bonds is 9. The first kappa shape index (κ1) is 15.0. The molecule has 1 unspecified atom stereocenters. The van der Waals surface area contributed by atoms with Crippen molar-refractivity contribution in [1.29, 1.82) is 0 Å². The molecule has 102 valence electrons. The highest BCUT2D eigenvalue weighted by atomic mass is 16.5. The van der Waals surface area contributed by atoms with Crippen LogP contribution in [-0.2, 0) is 4.74 Å². The molecule has 0 saturated carbocycles. The fraction of sp³-hybridized carbons (Fsp3) is 0.600. The minimum atomic E-state index is 0.437. The normalized spacial score (nSPS) is 12.4. The van der Waals surface area contributed by atoms with Crippen LogP contribution < -0.4 is 10.1 Å². The van der Waals surface area contributed by atoms with E-state index < -0.39 is 0 Å². The van der Waals surface area contributed by atoms with Crippen LogP contribution in [0.3, 0.4) is 0 Å². The molecule has 3 heteroatoms. The Hall–Kier alpha value is -1.06. The first-order chi connectivity index (χ1) is 8.81. The average Bonchev–Trinajstić information content (AvgIpc) is 2.42. The topological polar surface area (TPSA) is 30.5 Å². The molecule has 0 aliphatic rings. The molecular weight excluding hydrogens is 226 g/mol. The lowest BCUT2D eigenvalue weighted by molar-refractivity contribution is 0.110. The predicted octanol–water partition coefficient (Wildman–Crippen LogP) is 3.16. The van der Waals surface area contributed by atoms with Crippen molar-refractivity contribution in [3.05, 3.63) is 29.8 Å². The minimum absolute atomic E-state index is 0.437. The monoisotopic (exact) mass is 251 g/mol. The summed E-state index contributed by atoms with van der Waals surface area (Å²) in [5, 5.41) is 3.47. The summed E-state index contributed by atoms with van der Waals surface area (Å²) >= 11 is 0. The molecule has 1 N–H and O–H groups in total. The van der Waals surface area contributed by atoms with Gasteiger partial charge in [-0.2, -0.15) is 0 Å². The summed E-state index contributed by atoms with van der Waals surface area (Å²) in [6.45, 7) is 9.30. The maximum atomic E-state index is 5.59. The third-order valence-corrected chi connectivity index (χ3v) is 2.84. The van der Waals surface area contributed by atoms with E-state index in [2.05, 4.69) is 31.3 Å². The van der Waals surface area contributed by atoms with Crippen molar-refractivity contribution in [3.63, 3.8) is 0 Å². The second-order valence-electron chi connectivity index (χ2n) is 4.13. The fourth-order valence-electron chi connectivity index (χ4n) is 1.90. The quantitative estimate of drug-likeness (QED) is 0.684. The van der Waals surface area contributed by atoms with E-state index in [0.717, 1.165) is 25.3 Å². The van der Waals surface area contributed by atoms with Crippen LogP contribution in [0.1, 0.15) is 38.8 Å². The molecule has 0 spiro atoms. The van der Waals surface area contributed by atoms with Crippen LogP contribution in [0.2, 0.25) is 0 Å². The van der Waals surface area contributed by atoms with Gasteiger partial charge >= 0.3 is 0 Å². The van der Waals surface area contributed by atoms with Crippen molar-refractivity contribution in [1.82, 2.24) is 5.32 Å². The van der Waals surface area contributed by atoms with Gasteiger partial charge in [0.15, 0.2) is 0 Å². The number of hydrogen-bond donors (Lipinski definition) is 1. The van der Waals surface area contributed by atoms with Crippen molar-refractivity contribution in [3.8, 4) is 5.75 Å². The van der Waals surface area contributed by atoms with Gasteiger partial charge in [0.1, 0.15) is 12.4 Å². The molecule has 0 heterocycles. The number of benzene rings is 1. The van der Waals surface area contributed by atoms with E-state index in [-0.39, 0.29) is 0 Å². The van der Waals surface area contributed by atoms with Gasteiger partial charge in [0.05, 0.1) is 6.61 Å². The summed E-state index contributed by atoms with van der Waals surface area (Å²) in [6, 6.07) is 8.76. The fourth-order valence-corrected chi connectivity index (χ4v) is 1.90. The summed E-state index contributed by atoms with van der Waals surface area (Å²) < 4.78 is 10.8. The van der Waals surface area contributed by atoms with E-state index in [1.165, 1.54) is 5.56 Å². The van der Waals surface area contributed by atoms with E-state index >= 15 is 0 Å². The third kappa shape index (κ3) is 5.07. The van der Waals surface area contributed by atoms with Crippen LogP contribution in [-0.4, -0.2) is 26.4 Å². The molecule has 0 radical (unpaired) electrons. The van der Waals surface area contributed by atoms with Crippen LogP contribution in [0.15, 0.2) is 24.3 Å². The van der Waals surface area contributed by atoms with E-state index in [1.807, 2.05) is 19.1 Å². The Morgan fingerprint density at radius 2 is 1.78 bits per heavy atom. The van der Waals surface area contributed by atoms with Gasteiger partial charge in [0.25, 0.3) is 0 Å². The van der Waals surface area contributed by atoms with Crippen molar-refractivity contribution < 1.29 is 9.47 Å². The molecule has 0 bridgehead atoms. The van der Waals surface area contributed by atoms with Crippen molar-refractivity contribution in [2.24, 2.45) is 0 Å². The molecule has 0 saturated heterocycles. The average molecular weight is 251 g/mol. The second kappa shape index (κ2) is 8.95. The SMILES string of the molecule is CCNC(CC)c1ccc(OCCOCC)cc1. The lowest BCUT2D eigenvalue weighted by Crippen LogP contribution is -2.19. The molecule has 18 heavy (non-hydrogen) atoms. The van der Waals surface area contributed by atoms with Crippen LogP contribution in [0, 0.1) is 0 Å².